The highest BCUT2D eigenvalue weighted by atomic mass is 35.5. The largest absolute Gasteiger partial charge is 0.351 e. The van der Waals surface area contributed by atoms with Crippen LogP contribution < -0.4 is 5.32 Å². The van der Waals surface area contributed by atoms with Crippen molar-refractivity contribution in [3.8, 4) is 0 Å². The topological polar surface area (TPSA) is 46.9 Å². The fourth-order valence-electron chi connectivity index (χ4n) is 2.44. The number of rotatable bonds is 8. The molecule has 0 saturated heterocycles. The highest BCUT2D eigenvalue weighted by molar-refractivity contribution is 8.00. The van der Waals surface area contributed by atoms with Crippen molar-refractivity contribution in [2.24, 2.45) is 0 Å². The van der Waals surface area contributed by atoms with Gasteiger partial charge in [-0.3, -0.25) is 4.79 Å². The number of thioether (sulfide) groups is 1. The number of hydrogen-bond donors (Lipinski definition) is 1. The minimum absolute atomic E-state index is 0.0142. The quantitative estimate of drug-likeness (QED) is 0.673. The second kappa shape index (κ2) is 9.30. The average Bonchev–Trinajstić information content (AvgIpc) is 2.86. The third-order valence-electron chi connectivity index (χ3n) is 4.19. The second-order valence-electron chi connectivity index (χ2n) is 6.17. The van der Waals surface area contributed by atoms with Crippen LogP contribution in [-0.4, -0.2) is 20.7 Å². The minimum Gasteiger partial charge on any atom is -0.351 e. The predicted octanol–water partition coefficient (Wildman–Crippen LogP) is 4.75. The van der Waals surface area contributed by atoms with Gasteiger partial charge in [-0.2, -0.15) is 0 Å². The maximum atomic E-state index is 12.4. The molecular formula is C19H26ClN3OS. The van der Waals surface area contributed by atoms with Crippen LogP contribution in [0, 0.1) is 13.8 Å². The summed E-state index contributed by atoms with van der Waals surface area (Å²) in [6, 6.07) is 7.50. The Morgan fingerprint density at radius 1 is 1.32 bits per heavy atom. The van der Waals surface area contributed by atoms with Gasteiger partial charge in [0.2, 0.25) is 5.91 Å². The number of carbonyl (C=O) groups is 1. The van der Waals surface area contributed by atoms with E-state index >= 15 is 0 Å². The molecule has 1 unspecified atom stereocenters. The Labute approximate surface area is 159 Å². The summed E-state index contributed by atoms with van der Waals surface area (Å²) in [5.74, 6) is 0.0142. The molecule has 0 aliphatic heterocycles. The van der Waals surface area contributed by atoms with Crippen LogP contribution in [0.5, 0.6) is 0 Å². The maximum Gasteiger partial charge on any atom is 0.233 e. The first-order chi connectivity index (χ1) is 11.9. The van der Waals surface area contributed by atoms with E-state index in [0.717, 1.165) is 35.8 Å². The van der Waals surface area contributed by atoms with Gasteiger partial charge < -0.3 is 9.88 Å². The lowest BCUT2D eigenvalue weighted by Crippen LogP contribution is -2.30. The number of aryl methyl sites for hydroxylation is 1. The third-order valence-corrected chi connectivity index (χ3v) is 5.53. The van der Waals surface area contributed by atoms with Crippen molar-refractivity contribution >= 4 is 29.3 Å². The smallest absolute Gasteiger partial charge is 0.233 e. The number of hydrogen-bond acceptors (Lipinski definition) is 3. The highest BCUT2D eigenvalue weighted by Crippen LogP contribution is 2.26. The van der Waals surface area contributed by atoms with Crippen LogP contribution >= 0.6 is 23.4 Å². The van der Waals surface area contributed by atoms with Gasteiger partial charge in [0.05, 0.1) is 10.9 Å². The Morgan fingerprint density at radius 3 is 2.64 bits per heavy atom. The molecule has 0 saturated carbocycles. The SMILES string of the molecule is CCCCn1c(SC(C)C(=O)NCc2ccc(Cl)cc2)nc(C)c1C. The van der Waals surface area contributed by atoms with Gasteiger partial charge in [0.15, 0.2) is 5.16 Å². The number of carbonyl (C=O) groups excluding carboxylic acids is 1. The molecule has 0 aliphatic rings. The van der Waals surface area contributed by atoms with Crippen LogP contribution in [0.3, 0.4) is 0 Å². The van der Waals surface area contributed by atoms with Gasteiger partial charge in [0, 0.05) is 23.8 Å². The van der Waals surface area contributed by atoms with E-state index in [4.69, 9.17) is 11.6 Å². The van der Waals surface area contributed by atoms with E-state index in [9.17, 15) is 4.79 Å². The van der Waals surface area contributed by atoms with E-state index in [-0.39, 0.29) is 11.2 Å². The second-order valence-corrected chi connectivity index (χ2v) is 7.92. The lowest BCUT2D eigenvalue weighted by molar-refractivity contribution is -0.120. The van der Waals surface area contributed by atoms with Crippen molar-refractivity contribution in [2.45, 2.75) is 64.0 Å². The predicted molar refractivity (Wildman–Crippen MR) is 105 cm³/mol. The number of amides is 1. The summed E-state index contributed by atoms with van der Waals surface area (Å²) in [7, 11) is 0. The number of halogens is 1. The molecule has 1 aromatic heterocycles. The minimum atomic E-state index is -0.200. The van der Waals surface area contributed by atoms with E-state index in [2.05, 4.69) is 28.7 Å². The Morgan fingerprint density at radius 2 is 2.00 bits per heavy atom. The van der Waals surface area contributed by atoms with E-state index in [1.54, 1.807) is 0 Å². The summed E-state index contributed by atoms with van der Waals surface area (Å²) in [4.78, 5) is 17.1. The number of aromatic nitrogens is 2. The van der Waals surface area contributed by atoms with Gasteiger partial charge >= 0.3 is 0 Å². The van der Waals surface area contributed by atoms with Gasteiger partial charge in [-0.05, 0) is 44.9 Å². The van der Waals surface area contributed by atoms with Gasteiger partial charge in [-0.15, -0.1) is 0 Å². The lowest BCUT2D eigenvalue weighted by Gasteiger charge is -2.14. The van der Waals surface area contributed by atoms with Crippen molar-refractivity contribution in [3.63, 3.8) is 0 Å². The number of nitrogens with one attached hydrogen (secondary N) is 1. The fraction of sp³-hybridized carbons (Fsp3) is 0.474. The third kappa shape index (κ3) is 5.51. The molecule has 1 heterocycles. The summed E-state index contributed by atoms with van der Waals surface area (Å²) >= 11 is 7.40. The molecule has 1 atom stereocenters. The molecule has 1 aromatic carbocycles. The van der Waals surface area contributed by atoms with Crippen LogP contribution in [0.2, 0.25) is 5.02 Å². The number of benzene rings is 1. The van der Waals surface area contributed by atoms with E-state index < -0.39 is 0 Å². The van der Waals surface area contributed by atoms with Crippen LogP contribution in [0.15, 0.2) is 29.4 Å². The molecule has 0 spiro atoms. The molecule has 25 heavy (non-hydrogen) atoms. The number of unbranched alkanes of at least 4 members (excludes halogenated alkanes) is 1. The molecule has 1 amide bonds. The molecule has 6 heteroatoms. The normalized spacial score (nSPS) is 12.2. The van der Waals surface area contributed by atoms with E-state index in [0.29, 0.717) is 11.6 Å². The zero-order chi connectivity index (χ0) is 18.4. The lowest BCUT2D eigenvalue weighted by atomic mass is 10.2. The van der Waals surface area contributed by atoms with Gasteiger partial charge in [0.25, 0.3) is 0 Å². The molecule has 136 valence electrons. The first-order valence-electron chi connectivity index (χ1n) is 8.65. The molecule has 4 nitrogen and oxygen atoms in total. The van der Waals surface area contributed by atoms with Crippen molar-refractivity contribution in [1.29, 1.82) is 0 Å². The van der Waals surface area contributed by atoms with Crippen molar-refractivity contribution in [3.05, 3.63) is 46.2 Å². The molecule has 0 fully saturated rings. The molecule has 2 aromatic rings. The Hall–Kier alpha value is -1.46. The zero-order valence-electron chi connectivity index (χ0n) is 15.3. The van der Waals surface area contributed by atoms with Crippen LogP contribution in [0.1, 0.15) is 43.6 Å². The van der Waals surface area contributed by atoms with Crippen molar-refractivity contribution in [1.82, 2.24) is 14.9 Å². The first kappa shape index (κ1) is 19.9. The number of imidazole rings is 1. The standard InChI is InChI=1S/C19H26ClN3OS/c1-5-6-11-23-14(3)13(2)22-19(23)25-15(4)18(24)21-12-16-7-9-17(20)10-8-16/h7-10,15H,5-6,11-12H2,1-4H3,(H,21,24). The van der Waals surface area contributed by atoms with E-state index in [1.807, 2.05) is 38.1 Å². The average molecular weight is 380 g/mol. The molecule has 0 aliphatic carbocycles. The summed E-state index contributed by atoms with van der Waals surface area (Å²) < 4.78 is 2.23. The van der Waals surface area contributed by atoms with Crippen LogP contribution in [-0.2, 0) is 17.9 Å². The van der Waals surface area contributed by atoms with Gasteiger partial charge in [0.1, 0.15) is 0 Å². The van der Waals surface area contributed by atoms with Crippen molar-refractivity contribution in [2.75, 3.05) is 0 Å². The number of nitrogens with zero attached hydrogens (tertiary/aromatic N) is 2. The maximum absolute atomic E-state index is 12.4. The summed E-state index contributed by atoms with van der Waals surface area (Å²) in [5.41, 5.74) is 3.25. The fourth-order valence-corrected chi connectivity index (χ4v) is 3.62. The first-order valence-corrected chi connectivity index (χ1v) is 9.90. The summed E-state index contributed by atoms with van der Waals surface area (Å²) in [6.07, 6.45) is 2.25. The molecular weight excluding hydrogens is 354 g/mol. The zero-order valence-corrected chi connectivity index (χ0v) is 16.9. The highest BCUT2D eigenvalue weighted by Gasteiger charge is 2.19. The van der Waals surface area contributed by atoms with Crippen LogP contribution in [0.4, 0.5) is 0 Å². The van der Waals surface area contributed by atoms with Crippen molar-refractivity contribution < 1.29 is 4.79 Å². The van der Waals surface area contributed by atoms with Crippen LogP contribution in [0.25, 0.3) is 0 Å². The van der Waals surface area contributed by atoms with Gasteiger partial charge in [-0.1, -0.05) is 48.8 Å². The summed E-state index contributed by atoms with van der Waals surface area (Å²) in [6.45, 7) is 9.67. The molecule has 0 bridgehead atoms. The molecule has 2 rings (SSSR count). The molecule has 1 N–H and O–H groups in total. The Kier molecular flexibility index (Phi) is 7.38. The summed E-state index contributed by atoms with van der Waals surface area (Å²) in [5, 5.41) is 4.41. The monoisotopic (exact) mass is 379 g/mol. The van der Waals surface area contributed by atoms with E-state index in [1.165, 1.54) is 17.5 Å². The Bertz CT molecular complexity index is 712. The Balaban J connectivity index is 1.96. The molecule has 0 radical (unpaired) electrons. The van der Waals surface area contributed by atoms with Gasteiger partial charge in [-0.25, -0.2) is 4.98 Å².